The molecule has 1 saturated heterocycles. The van der Waals surface area contributed by atoms with Gasteiger partial charge in [0.1, 0.15) is 0 Å². The topological polar surface area (TPSA) is 41.6 Å². The first-order valence-corrected chi connectivity index (χ1v) is 8.26. The predicted octanol–water partition coefficient (Wildman–Crippen LogP) is 3.35. The standard InChI is InChI=1S/C16H22BrN3/c1-11-3-2-8-20(10-11)16(18)19-15-9-14(15)12-4-6-13(17)7-5-12/h4-7,11,14-15H,2-3,8-10H2,1H3,(H2,18,19). The minimum atomic E-state index is 0.383. The molecule has 1 aromatic rings. The number of nitrogens with two attached hydrogens (primary N) is 1. The smallest absolute Gasteiger partial charge is 0.191 e. The number of nitrogens with zero attached hydrogens (tertiary/aromatic N) is 2. The Morgan fingerprint density at radius 1 is 1.35 bits per heavy atom. The third-order valence-electron chi connectivity index (χ3n) is 4.33. The Kier molecular flexibility index (Phi) is 4.01. The lowest BCUT2D eigenvalue weighted by molar-refractivity contribution is 0.270. The van der Waals surface area contributed by atoms with Crippen molar-refractivity contribution < 1.29 is 0 Å². The van der Waals surface area contributed by atoms with Crippen molar-refractivity contribution in [2.45, 2.75) is 38.1 Å². The van der Waals surface area contributed by atoms with Gasteiger partial charge in [-0.15, -0.1) is 0 Å². The van der Waals surface area contributed by atoms with Gasteiger partial charge in [0, 0.05) is 23.5 Å². The van der Waals surface area contributed by atoms with Crippen LogP contribution < -0.4 is 5.73 Å². The molecule has 0 radical (unpaired) electrons. The maximum atomic E-state index is 6.18. The summed E-state index contributed by atoms with van der Waals surface area (Å²) in [7, 11) is 0. The first-order chi connectivity index (χ1) is 9.63. The zero-order valence-electron chi connectivity index (χ0n) is 11.9. The van der Waals surface area contributed by atoms with E-state index >= 15 is 0 Å². The third-order valence-corrected chi connectivity index (χ3v) is 4.86. The fourth-order valence-corrected chi connectivity index (χ4v) is 3.31. The highest BCUT2D eigenvalue weighted by Crippen LogP contribution is 2.43. The number of guanidine groups is 1. The predicted molar refractivity (Wildman–Crippen MR) is 86.9 cm³/mol. The molecule has 4 heteroatoms. The molecule has 20 heavy (non-hydrogen) atoms. The Morgan fingerprint density at radius 2 is 2.10 bits per heavy atom. The summed E-state index contributed by atoms with van der Waals surface area (Å²) < 4.78 is 1.13. The first-order valence-electron chi connectivity index (χ1n) is 7.47. The lowest BCUT2D eigenvalue weighted by atomic mass is 10.0. The number of benzene rings is 1. The molecule has 1 aliphatic heterocycles. The van der Waals surface area contributed by atoms with E-state index in [0.717, 1.165) is 35.9 Å². The second-order valence-corrected chi connectivity index (χ2v) is 7.06. The van der Waals surface area contributed by atoms with Crippen LogP contribution in [-0.2, 0) is 0 Å². The van der Waals surface area contributed by atoms with Crippen LogP contribution in [0.25, 0.3) is 0 Å². The van der Waals surface area contributed by atoms with E-state index in [1.54, 1.807) is 0 Å². The van der Waals surface area contributed by atoms with E-state index in [0.29, 0.717) is 12.0 Å². The van der Waals surface area contributed by atoms with Crippen molar-refractivity contribution in [3.8, 4) is 0 Å². The number of aliphatic imine (C=N–C) groups is 1. The molecule has 0 amide bonds. The van der Waals surface area contributed by atoms with Crippen molar-refractivity contribution in [1.29, 1.82) is 0 Å². The highest BCUT2D eigenvalue weighted by molar-refractivity contribution is 9.10. The van der Waals surface area contributed by atoms with Crippen LogP contribution in [0.2, 0.25) is 0 Å². The molecule has 2 N–H and O–H groups in total. The zero-order valence-corrected chi connectivity index (χ0v) is 13.5. The van der Waals surface area contributed by atoms with E-state index in [-0.39, 0.29) is 0 Å². The molecule has 1 saturated carbocycles. The van der Waals surface area contributed by atoms with Crippen molar-refractivity contribution in [2.75, 3.05) is 13.1 Å². The van der Waals surface area contributed by atoms with Gasteiger partial charge in [-0.3, -0.25) is 0 Å². The zero-order chi connectivity index (χ0) is 14.1. The summed E-state index contributed by atoms with van der Waals surface area (Å²) in [5.41, 5.74) is 7.56. The molecule has 3 atom stereocenters. The summed E-state index contributed by atoms with van der Waals surface area (Å²) in [6.45, 7) is 4.42. The SMILES string of the molecule is CC1CCCN(C(N)=NC2CC2c2ccc(Br)cc2)C1. The van der Waals surface area contributed by atoms with Crippen LogP contribution in [0.4, 0.5) is 0 Å². The Labute approximate surface area is 129 Å². The molecule has 1 aromatic carbocycles. The van der Waals surface area contributed by atoms with Crippen molar-refractivity contribution in [2.24, 2.45) is 16.6 Å². The minimum absolute atomic E-state index is 0.383. The van der Waals surface area contributed by atoms with Gasteiger partial charge in [0.15, 0.2) is 5.96 Å². The number of likely N-dealkylation sites (tertiary alicyclic amines) is 1. The number of rotatable bonds is 2. The molecule has 1 heterocycles. The number of hydrogen-bond donors (Lipinski definition) is 1. The van der Waals surface area contributed by atoms with Crippen LogP contribution in [0.5, 0.6) is 0 Å². The summed E-state index contributed by atoms with van der Waals surface area (Å²) in [5, 5.41) is 0. The van der Waals surface area contributed by atoms with Gasteiger partial charge in [-0.1, -0.05) is 35.0 Å². The van der Waals surface area contributed by atoms with Crippen LogP contribution in [0.1, 0.15) is 37.7 Å². The second-order valence-electron chi connectivity index (χ2n) is 6.14. The Hall–Kier alpha value is -1.03. The van der Waals surface area contributed by atoms with Crippen molar-refractivity contribution in [3.63, 3.8) is 0 Å². The summed E-state index contributed by atoms with van der Waals surface area (Å²) in [4.78, 5) is 6.99. The number of hydrogen-bond acceptors (Lipinski definition) is 1. The summed E-state index contributed by atoms with van der Waals surface area (Å²) in [6.07, 6.45) is 3.68. The number of piperidine rings is 1. The Morgan fingerprint density at radius 3 is 2.80 bits per heavy atom. The van der Waals surface area contributed by atoms with Crippen LogP contribution >= 0.6 is 15.9 Å². The van der Waals surface area contributed by atoms with Gasteiger partial charge in [-0.05, 0) is 42.9 Å². The Balaban J connectivity index is 1.61. The molecular weight excluding hydrogens is 314 g/mol. The molecule has 2 fully saturated rings. The largest absolute Gasteiger partial charge is 0.370 e. The molecule has 3 rings (SSSR count). The van der Waals surface area contributed by atoms with Crippen LogP contribution in [0.15, 0.2) is 33.7 Å². The van der Waals surface area contributed by atoms with Crippen molar-refractivity contribution >= 4 is 21.9 Å². The summed E-state index contributed by atoms with van der Waals surface area (Å²) in [6, 6.07) is 8.95. The van der Waals surface area contributed by atoms with Gasteiger partial charge < -0.3 is 10.6 Å². The van der Waals surface area contributed by atoms with Crippen molar-refractivity contribution in [3.05, 3.63) is 34.3 Å². The normalized spacial score (nSPS) is 30.4. The van der Waals surface area contributed by atoms with E-state index in [1.807, 2.05) is 0 Å². The van der Waals surface area contributed by atoms with E-state index < -0.39 is 0 Å². The highest BCUT2D eigenvalue weighted by Gasteiger charge is 2.38. The molecule has 108 valence electrons. The molecule has 0 spiro atoms. The summed E-state index contributed by atoms with van der Waals surface area (Å²) in [5.74, 6) is 2.05. The quantitative estimate of drug-likeness (QED) is 0.665. The monoisotopic (exact) mass is 335 g/mol. The molecule has 1 aliphatic carbocycles. The number of halogens is 1. The highest BCUT2D eigenvalue weighted by atomic mass is 79.9. The van der Waals surface area contributed by atoms with Crippen LogP contribution in [-0.4, -0.2) is 30.0 Å². The van der Waals surface area contributed by atoms with Crippen LogP contribution in [0.3, 0.4) is 0 Å². The molecule has 0 bridgehead atoms. The van der Waals surface area contributed by atoms with Gasteiger partial charge in [-0.2, -0.15) is 0 Å². The molecule has 0 aromatic heterocycles. The molecule has 3 unspecified atom stereocenters. The molecule has 2 aliphatic rings. The minimum Gasteiger partial charge on any atom is -0.370 e. The maximum Gasteiger partial charge on any atom is 0.191 e. The maximum absolute atomic E-state index is 6.18. The average Bonchev–Trinajstić information content (AvgIpc) is 3.19. The Bertz CT molecular complexity index is 497. The fourth-order valence-electron chi connectivity index (χ4n) is 3.04. The van der Waals surface area contributed by atoms with E-state index in [2.05, 4.69) is 52.0 Å². The molecular formula is C16H22BrN3. The lowest BCUT2D eigenvalue weighted by Crippen LogP contribution is -2.43. The van der Waals surface area contributed by atoms with Crippen LogP contribution in [0, 0.1) is 5.92 Å². The van der Waals surface area contributed by atoms with Gasteiger partial charge in [0.2, 0.25) is 0 Å². The van der Waals surface area contributed by atoms with Gasteiger partial charge in [0.05, 0.1) is 6.04 Å². The van der Waals surface area contributed by atoms with Gasteiger partial charge in [-0.25, -0.2) is 4.99 Å². The summed E-state index contributed by atoms with van der Waals surface area (Å²) >= 11 is 3.47. The van der Waals surface area contributed by atoms with E-state index in [1.165, 1.54) is 18.4 Å². The average molecular weight is 336 g/mol. The first kappa shape index (κ1) is 13.9. The third kappa shape index (κ3) is 3.17. The van der Waals surface area contributed by atoms with Gasteiger partial charge in [0.25, 0.3) is 0 Å². The van der Waals surface area contributed by atoms with E-state index in [4.69, 9.17) is 10.7 Å². The molecule has 3 nitrogen and oxygen atoms in total. The van der Waals surface area contributed by atoms with E-state index in [9.17, 15) is 0 Å². The second kappa shape index (κ2) is 5.76. The van der Waals surface area contributed by atoms with Gasteiger partial charge >= 0.3 is 0 Å². The van der Waals surface area contributed by atoms with Crippen molar-refractivity contribution in [1.82, 2.24) is 4.90 Å². The fraction of sp³-hybridized carbons (Fsp3) is 0.562. The lowest BCUT2D eigenvalue weighted by Gasteiger charge is -2.31.